The summed E-state index contributed by atoms with van der Waals surface area (Å²) in [6.07, 6.45) is 1.57. The number of rotatable bonds is 3. The number of ether oxygens (including phenoxy) is 1. The molecule has 0 aliphatic carbocycles. The predicted octanol–water partition coefficient (Wildman–Crippen LogP) is 2.50. The summed E-state index contributed by atoms with van der Waals surface area (Å²) >= 11 is 0. The number of methoxy groups -OCH3 is 1. The van der Waals surface area contributed by atoms with Crippen LogP contribution in [0.3, 0.4) is 0 Å². The minimum Gasteiger partial charge on any atom is -0.465 e. The third-order valence-electron chi connectivity index (χ3n) is 2.79. The quantitative estimate of drug-likeness (QED) is 0.826. The maximum absolute atomic E-state index is 11.6. The molecule has 98 valence electrons. The molecule has 0 atom stereocenters. The molecule has 5 heteroatoms. The van der Waals surface area contributed by atoms with Gasteiger partial charge in [0.15, 0.2) is 0 Å². The third kappa shape index (κ3) is 2.82. The number of hydrogen-bond acceptors (Lipinski definition) is 5. The van der Waals surface area contributed by atoms with Crippen LogP contribution in [0.4, 0.5) is 17.2 Å². The van der Waals surface area contributed by atoms with Gasteiger partial charge in [0.1, 0.15) is 5.82 Å². The van der Waals surface area contributed by atoms with E-state index in [-0.39, 0.29) is 5.97 Å². The number of hydrogen-bond donors (Lipinski definition) is 2. The van der Waals surface area contributed by atoms with Crippen molar-refractivity contribution in [2.24, 2.45) is 0 Å². The van der Waals surface area contributed by atoms with Crippen molar-refractivity contribution in [2.45, 2.75) is 6.92 Å². The minimum atomic E-state index is -0.355. The Hall–Kier alpha value is -2.56. The molecule has 0 aliphatic heterocycles. The molecule has 0 radical (unpaired) electrons. The zero-order valence-electron chi connectivity index (χ0n) is 10.8. The standard InChI is InChI=1S/C14H15N3O2/c1-9-11(14(18)19-2)4-3-5-12(9)17-13-7-6-10(15)8-16-13/h3-8H,15H2,1-2H3,(H,16,17). The highest BCUT2D eigenvalue weighted by atomic mass is 16.5. The average molecular weight is 257 g/mol. The number of esters is 1. The highest BCUT2D eigenvalue weighted by Crippen LogP contribution is 2.23. The molecule has 0 spiro atoms. The number of anilines is 3. The molecule has 0 fully saturated rings. The molecule has 1 aromatic carbocycles. The molecule has 0 aliphatic rings. The van der Waals surface area contributed by atoms with Crippen molar-refractivity contribution in [3.63, 3.8) is 0 Å². The van der Waals surface area contributed by atoms with E-state index >= 15 is 0 Å². The fraction of sp³-hybridized carbons (Fsp3) is 0.143. The summed E-state index contributed by atoms with van der Waals surface area (Å²) < 4.78 is 4.74. The van der Waals surface area contributed by atoms with Crippen molar-refractivity contribution in [2.75, 3.05) is 18.2 Å². The molecule has 0 bridgehead atoms. The van der Waals surface area contributed by atoms with Crippen LogP contribution in [-0.2, 0) is 4.74 Å². The van der Waals surface area contributed by atoms with Crippen LogP contribution in [0.15, 0.2) is 36.5 Å². The fourth-order valence-electron chi connectivity index (χ4n) is 1.72. The summed E-state index contributed by atoms with van der Waals surface area (Å²) in [5.41, 5.74) is 8.33. The number of aromatic nitrogens is 1. The van der Waals surface area contributed by atoms with Crippen LogP contribution < -0.4 is 11.1 Å². The lowest BCUT2D eigenvalue weighted by molar-refractivity contribution is 0.0600. The molecule has 3 N–H and O–H groups in total. The number of pyridine rings is 1. The Morgan fingerprint density at radius 1 is 1.32 bits per heavy atom. The second kappa shape index (κ2) is 5.39. The smallest absolute Gasteiger partial charge is 0.338 e. The molecule has 5 nitrogen and oxygen atoms in total. The lowest BCUT2D eigenvalue weighted by atomic mass is 10.1. The van der Waals surface area contributed by atoms with E-state index in [1.807, 2.05) is 13.0 Å². The molecule has 2 rings (SSSR count). The number of carbonyl (C=O) groups is 1. The maximum atomic E-state index is 11.6. The largest absolute Gasteiger partial charge is 0.465 e. The Kier molecular flexibility index (Phi) is 3.66. The molecule has 0 unspecified atom stereocenters. The second-order valence-electron chi connectivity index (χ2n) is 4.07. The Morgan fingerprint density at radius 2 is 2.11 bits per heavy atom. The summed E-state index contributed by atoms with van der Waals surface area (Å²) in [7, 11) is 1.36. The van der Waals surface area contributed by atoms with Crippen LogP contribution in [0.5, 0.6) is 0 Å². The minimum absolute atomic E-state index is 0.355. The van der Waals surface area contributed by atoms with Crippen molar-refractivity contribution in [1.82, 2.24) is 4.98 Å². The second-order valence-corrected chi connectivity index (χ2v) is 4.07. The normalized spacial score (nSPS) is 10.0. The summed E-state index contributed by atoms with van der Waals surface area (Å²) in [6.45, 7) is 1.85. The molecule has 0 saturated carbocycles. The number of carbonyl (C=O) groups excluding carboxylic acids is 1. The van der Waals surface area contributed by atoms with E-state index in [9.17, 15) is 4.79 Å². The first-order chi connectivity index (χ1) is 9.11. The van der Waals surface area contributed by atoms with E-state index in [0.29, 0.717) is 17.1 Å². The monoisotopic (exact) mass is 257 g/mol. The van der Waals surface area contributed by atoms with E-state index in [1.165, 1.54) is 7.11 Å². The van der Waals surface area contributed by atoms with E-state index in [2.05, 4.69) is 10.3 Å². The van der Waals surface area contributed by atoms with Gasteiger partial charge in [-0.2, -0.15) is 0 Å². The number of benzene rings is 1. The topological polar surface area (TPSA) is 77.2 Å². The Morgan fingerprint density at radius 3 is 2.74 bits per heavy atom. The Labute approximate surface area is 111 Å². The van der Waals surface area contributed by atoms with Gasteiger partial charge in [0.2, 0.25) is 0 Å². The van der Waals surface area contributed by atoms with Gasteiger partial charge in [-0.1, -0.05) is 6.07 Å². The van der Waals surface area contributed by atoms with Crippen molar-refractivity contribution in [1.29, 1.82) is 0 Å². The van der Waals surface area contributed by atoms with Crippen molar-refractivity contribution in [3.05, 3.63) is 47.7 Å². The lowest BCUT2D eigenvalue weighted by Gasteiger charge is -2.11. The first kappa shape index (κ1) is 12.9. The average Bonchev–Trinajstić information content (AvgIpc) is 2.43. The fourth-order valence-corrected chi connectivity index (χ4v) is 1.72. The molecule has 0 amide bonds. The molecular formula is C14H15N3O2. The zero-order valence-corrected chi connectivity index (χ0v) is 10.8. The number of nitrogens with one attached hydrogen (secondary N) is 1. The van der Waals surface area contributed by atoms with Gasteiger partial charge in [-0.25, -0.2) is 9.78 Å². The zero-order chi connectivity index (χ0) is 13.8. The summed E-state index contributed by atoms with van der Waals surface area (Å²) in [5, 5.41) is 3.14. The van der Waals surface area contributed by atoms with Gasteiger partial charge in [-0.15, -0.1) is 0 Å². The number of nitrogens with two attached hydrogens (primary N) is 1. The van der Waals surface area contributed by atoms with Crippen molar-refractivity contribution >= 4 is 23.2 Å². The maximum Gasteiger partial charge on any atom is 0.338 e. The third-order valence-corrected chi connectivity index (χ3v) is 2.79. The molecule has 0 saturated heterocycles. The predicted molar refractivity (Wildman–Crippen MR) is 74.5 cm³/mol. The number of nitrogen functional groups attached to an aromatic ring is 1. The SMILES string of the molecule is COC(=O)c1cccc(Nc2ccc(N)cn2)c1C. The highest BCUT2D eigenvalue weighted by Gasteiger charge is 2.11. The van der Waals surface area contributed by atoms with Gasteiger partial charge >= 0.3 is 5.97 Å². The number of nitrogens with zero attached hydrogens (tertiary/aromatic N) is 1. The summed E-state index contributed by atoms with van der Waals surface area (Å²) in [6, 6.07) is 8.93. The van der Waals surface area contributed by atoms with Gasteiger partial charge in [0.25, 0.3) is 0 Å². The van der Waals surface area contributed by atoms with Crippen LogP contribution in [0.25, 0.3) is 0 Å². The van der Waals surface area contributed by atoms with Crippen LogP contribution in [-0.4, -0.2) is 18.1 Å². The van der Waals surface area contributed by atoms with Gasteiger partial charge in [-0.3, -0.25) is 0 Å². The highest BCUT2D eigenvalue weighted by molar-refractivity contribution is 5.93. The summed E-state index contributed by atoms with van der Waals surface area (Å²) in [4.78, 5) is 15.8. The molecular weight excluding hydrogens is 242 g/mol. The van der Waals surface area contributed by atoms with E-state index in [1.54, 1.807) is 30.5 Å². The first-order valence-corrected chi connectivity index (χ1v) is 5.78. The van der Waals surface area contributed by atoms with Crippen LogP contribution in [0, 0.1) is 6.92 Å². The van der Waals surface area contributed by atoms with Gasteiger partial charge < -0.3 is 15.8 Å². The van der Waals surface area contributed by atoms with Gasteiger partial charge in [0.05, 0.1) is 24.6 Å². The molecule has 19 heavy (non-hydrogen) atoms. The van der Waals surface area contributed by atoms with Crippen LogP contribution >= 0.6 is 0 Å². The van der Waals surface area contributed by atoms with Crippen molar-refractivity contribution < 1.29 is 9.53 Å². The van der Waals surface area contributed by atoms with Crippen molar-refractivity contribution in [3.8, 4) is 0 Å². The van der Waals surface area contributed by atoms with Gasteiger partial charge in [0, 0.05) is 5.69 Å². The van der Waals surface area contributed by atoms with E-state index in [4.69, 9.17) is 10.5 Å². The molecule has 1 aromatic heterocycles. The Balaban J connectivity index is 2.30. The Bertz CT molecular complexity index is 594. The van der Waals surface area contributed by atoms with E-state index in [0.717, 1.165) is 11.3 Å². The van der Waals surface area contributed by atoms with Crippen LogP contribution in [0.2, 0.25) is 0 Å². The molecule has 1 heterocycles. The van der Waals surface area contributed by atoms with E-state index < -0.39 is 0 Å². The summed E-state index contributed by atoms with van der Waals surface area (Å²) in [5.74, 6) is 0.311. The lowest BCUT2D eigenvalue weighted by Crippen LogP contribution is -2.06. The van der Waals surface area contributed by atoms with Gasteiger partial charge in [-0.05, 0) is 36.8 Å². The first-order valence-electron chi connectivity index (χ1n) is 5.78. The van der Waals surface area contributed by atoms with Crippen LogP contribution in [0.1, 0.15) is 15.9 Å². The molecule has 2 aromatic rings.